The van der Waals surface area contributed by atoms with E-state index in [9.17, 15) is 9.59 Å². The van der Waals surface area contributed by atoms with Crippen LogP contribution in [0.4, 0.5) is 4.79 Å². The molecule has 0 spiro atoms. The molecule has 17 heavy (non-hydrogen) atoms. The number of alkyl halides is 2. The fraction of sp³-hybridized carbons (Fsp3) is 0.273. The lowest BCUT2D eigenvalue weighted by Crippen LogP contribution is -2.43. The summed E-state index contributed by atoms with van der Waals surface area (Å²) < 4.78 is -0.900. The monoisotopic (exact) mass is 319 g/mol. The first-order valence-electron chi connectivity index (χ1n) is 4.86. The average molecular weight is 321 g/mol. The molecule has 92 valence electrons. The molecule has 0 heterocycles. The zero-order valence-electron chi connectivity index (χ0n) is 8.77. The van der Waals surface area contributed by atoms with Crippen LogP contribution in [0, 0.1) is 0 Å². The number of amides is 1. The van der Waals surface area contributed by atoms with Gasteiger partial charge in [0.2, 0.25) is 0 Å². The molecule has 6 heteroatoms. The van der Waals surface area contributed by atoms with E-state index in [2.05, 4.69) is 21.2 Å². The third kappa shape index (κ3) is 4.75. The summed E-state index contributed by atoms with van der Waals surface area (Å²) in [7, 11) is 0. The highest BCUT2D eigenvalue weighted by atomic mass is 79.9. The van der Waals surface area contributed by atoms with Crippen molar-refractivity contribution in [1.29, 1.82) is 0 Å². The summed E-state index contributed by atoms with van der Waals surface area (Å²) in [5.41, 5.74) is 0.865. The molecule has 0 radical (unpaired) electrons. The van der Waals surface area contributed by atoms with E-state index in [0.29, 0.717) is 0 Å². The Balaban J connectivity index is 2.77. The van der Waals surface area contributed by atoms with Crippen LogP contribution in [0.3, 0.4) is 0 Å². The van der Waals surface area contributed by atoms with Crippen LogP contribution in [0.2, 0.25) is 0 Å². The van der Waals surface area contributed by atoms with Gasteiger partial charge >= 0.3 is 6.09 Å². The van der Waals surface area contributed by atoms with E-state index >= 15 is 0 Å². The topological polar surface area (TPSA) is 66.4 Å². The van der Waals surface area contributed by atoms with Crippen molar-refractivity contribution >= 4 is 39.4 Å². The summed E-state index contributed by atoms with van der Waals surface area (Å²) in [5, 5.41) is 10.8. The lowest BCUT2D eigenvalue weighted by molar-refractivity contribution is -0.119. The van der Waals surface area contributed by atoms with E-state index in [1.54, 1.807) is 0 Å². The highest BCUT2D eigenvalue weighted by Gasteiger charge is 2.25. The zero-order chi connectivity index (χ0) is 12.8. The first-order valence-corrected chi connectivity index (χ1v) is 6.21. The molecule has 0 saturated carbocycles. The molecule has 1 rings (SSSR count). The molecule has 0 aromatic heterocycles. The van der Waals surface area contributed by atoms with Crippen molar-refractivity contribution in [2.75, 3.05) is 0 Å². The Morgan fingerprint density at radius 3 is 2.41 bits per heavy atom. The van der Waals surface area contributed by atoms with Crippen LogP contribution >= 0.6 is 27.5 Å². The van der Waals surface area contributed by atoms with Crippen molar-refractivity contribution in [1.82, 2.24) is 5.32 Å². The second kappa shape index (κ2) is 6.61. The molecule has 2 atom stereocenters. The Morgan fingerprint density at radius 1 is 1.35 bits per heavy atom. The molecule has 1 aromatic carbocycles. The molecule has 0 fully saturated rings. The summed E-state index contributed by atoms with van der Waals surface area (Å²) >= 11 is 8.53. The summed E-state index contributed by atoms with van der Waals surface area (Å²) in [6, 6.07) is 8.28. The largest absolute Gasteiger partial charge is 0.465 e. The van der Waals surface area contributed by atoms with Gasteiger partial charge in [-0.05, 0) is 12.0 Å². The summed E-state index contributed by atoms with van der Waals surface area (Å²) in [6.45, 7) is 0. The van der Waals surface area contributed by atoms with Crippen molar-refractivity contribution in [2.24, 2.45) is 0 Å². The number of carbonyl (C=O) groups is 2. The molecular formula is C11H11BrClNO3. The van der Waals surface area contributed by atoms with Gasteiger partial charge < -0.3 is 10.4 Å². The van der Waals surface area contributed by atoms with Crippen molar-refractivity contribution < 1.29 is 14.7 Å². The summed E-state index contributed by atoms with van der Waals surface area (Å²) in [5.74, 6) is -0.405. The number of carboxylic acid groups (broad SMARTS) is 1. The van der Waals surface area contributed by atoms with E-state index in [4.69, 9.17) is 16.7 Å². The van der Waals surface area contributed by atoms with E-state index in [1.807, 2.05) is 30.3 Å². The van der Waals surface area contributed by atoms with E-state index in [1.165, 1.54) is 0 Å². The summed E-state index contributed by atoms with van der Waals surface area (Å²) in [6.07, 6.45) is -0.968. The third-order valence-electron chi connectivity index (χ3n) is 2.14. The number of nitrogens with one attached hydrogen (secondary N) is 1. The number of Topliss-reactive ketones (excluding diaryl/α,β-unsaturated/α-hetero) is 1. The van der Waals surface area contributed by atoms with Crippen molar-refractivity contribution in [2.45, 2.75) is 16.7 Å². The highest BCUT2D eigenvalue weighted by molar-refractivity contribution is 9.10. The molecule has 0 aliphatic heterocycles. The van der Waals surface area contributed by atoms with Crippen LogP contribution in [0.5, 0.6) is 0 Å². The quantitative estimate of drug-likeness (QED) is 0.819. The van der Waals surface area contributed by atoms with Gasteiger partial charge in [-0.15, -0.1) is 11.6 Å². The number of halogens is 2. The Bertz CT molecular complexity index is 397. The van der Waals surface area contributed by atoms with Gasteiger partial charge in [0.15, 0.2) is 5.78 Å². The van der Waals surface area contributed by atoms with Gasteiger partial charge in [0.25, 0.3) is 0 Å². The first-order chi connectivity index (χ1) is 8.00. The number of rotatable bonds is 5. The number of ketones is 1. The predicted molar refractivity (Wildman–Crippen MR) is 68.7 cm³/mol. The normalized spacial score (nSPS) is 13.8. The van der Waals surface area contributed by atoms with Gasteiger partial charge in [0.05, 0.1) is 6.04 Å². The molecule has 1 unspecified atom stereocenters. The standard InChI is InChI=1S/C11H11BrClNO3/c12-10(13)9(15)8(14-11(16)17)6-7-4-2-1-3-5-7/h1-5,8,10,14H,6H2,(H,16,17)/t8?,10-/m1/s1. The van der Waals surface area contributed by atoms with Crippen LogP contribution in [0.25, 0.3) is 0 Å². The molecule has 0 saturated heterocycles. The average Bonchev–Trinajstić information content (AvgIpc) is 2.28. The van der Waals surface area contributed by atoms with Crippen LogP contribution in [-0.2, 0) is 11.2 Å². The Labute approximate surface area is 112 Å². The molecule has 0 bridgehead atoms. The van der Waals surface area contributed by atoms with Gasteiger partial charge in [-0.25, -0.2) is 4.79 Å². The van der Waals surface area contributed by atoms with Gasteiger partial charge in [0, 0.05) is 0 Å². The predicted octanol–water partition coefficient (Wildman–Crippen LogP) is 2.39. The second-order valence-corrected chi connectivity index (χ2v) is 5.27. The maximum atomic E-state index is 11.7. The fourth-order valence-electron chi connectivity index (χ4n) is 1.37. The molecule has 0 aliphatic rings. The van der Waals surface area contributed by atoms with Gasteiger partial charge in [-0.3, -0.25) is 4.79 Å². The van der Waals surface area contributed by atoms with Gasteiger partial charge in [-0.2, -0.15) is 0 Å². The van der Waals surface area contributed by atoms with Crippen LogP contribution in [0.1, 0.15) is 5.56 Å². The smallest absolute Gasteiger partial charge is 0.405 e. The molecular weight excluding hydrogens is 309 g/mol. The minimum atomic E-state index is -1.25. The minimum absolute atomic E-state index is 0.279. The van der Waals surface area contributed by atoms with Gasteiger partial charge in [-0.1, -0.05) is 46.3 Å². The van der Waals surface area contributed by atoms with Gasteiger partial charge in [0.1, 0.15) is 4.29 Å². The van der Waals surface area contributed by atoms with E-state index in [-0.39, 0.29) is 6.42 Å². The first kappa shape index (κ1) is 14.0. The van der Waals surface area contributed by atoms with E-state index in [0.717, 1.165) is 5.56 Å². The number of carbonyl (C=O) groups excluding carboxylic acids is 1. The Hall–Kier alpha value is -1.07. The second-order valence-electron chi connectivity index (χ2n) is 3.39. The SMILES string of the molecule is O=C(O)NC(Cc1ccccc1)C(=O)[C@@H](Cl)Br. The molecule has 2 N–H and O–H groups in total. The highest BCUT2D eigenvalue weighted by Crippen LogP contribution is 2.12. The molecule has 0 aliphatic carbocycles. The fourth-order valence-corrected chi connectivity index (χ4v) is 1.84. The van der Waals surface area contributed by atoms with Crippen molar-refractivity contribution in [3.8, 4) is 0 Å². The molecule has 4 nitrogen and oxygen atoms in total. The zero-order valence-corrected chi connectivity index (χ0v) is 11.1. The Morgan fingerprint density at radius 2 is 1.94 bits per heavy atom. The minimum Gasteiger partial charge on any atom is -0.465 e. The molecule has 1 amide bonds. The maximum absolute atomic E-state index is 11.7. The number of benzene rings is 1. The lowest BCUT2D eigenvalue weighted by Gasteiger charge is -2.16. The van der Waals surface area contributed by atoms with Crippen LogP contribution in [-0.4, -0.2) is 27.3 Å². The Kier molecular flexibility index (Phi) is 5.44. The van der Waals surface area contributed by atoms with Crippen molar-refractivity contribution in [3.05, 3.63) is 35.9 Å². The third-order valence-corrected chi connectivity index (χ3v) is 2.81. The molecule has 1 aromatic rings. The van der Waals surface area contributed by atoms with E-state index < -0.39 is 22.2 Å². The summed E-state index contributed by atoms with van der Waals surface area (Å²) in [4.78, 5) is 22.3. The number of hydrogen-bond acceptors (Lipinski definition) is 2. The van der Waals surface area contributed by atoms with Crippen LogP contribution in [0.15, 0.2) is 30.3 Å². The van der Waals surface area contributed by atoms with Crippen molar-refractivity contribution in [3.63, 3.8) is 0 Å². The maximum Gasteiger partial charge on any atom is 0.405 e. The van der Waals surface area contributed by atoms with Crippen LogP contribution < -0.4 is 5.32 Å². The number of hydrogen-bond donors (Lipinski definition) is 2. The lowest BCUT2D eigenvalue weighted by atomic mass is 10.0.